The first-order valence-electron chi connectivity index (χ1n) is 14.5. The second-order valence-corrected chi connectivity index (χ2v) is 11.0. The molecule has 0 bridgehead atoms. The first-order chi connectivity index (χ1) is 21.6. The number of carbonyl (C=O) groups is 2. The van der Waals surface area contributed by atoms with Crippen molar-refractivity contribution < 1.29 is 42.3 Å². The van der Waals surface area contributed by atoms with Crippen LogP contribution in [0.2, 0.25) is 0 Å². The van der Waals surface area contributed by atoms with E-state index in [1.807, 2.05) is 87.5 Å². The van der Waals surface area contributed by atoms with E-state index in [4.69, 9.17) is 0 Å². The van der Waals surface area contributed by atoms with Crippen LogP contribution in [0.5, 0.6) is 0 Å². The van der Waals surface area contributed by atoms with E-state index in [1.165, 1.54) is 11.9 Å². The molecule has 1 N–H and O–H groups in total. The SMILES string of the molecule is CC(=[N-])C(N=Nc1ccc(-c2ccc(N=NC3C(=O)N(c4ccc(C)cc4)N=C3C)c(C)c2)cc1C)C(=O)Nc1ccccc1.[Y+3]. The van der Waals surface area contributed by atoms with Gasteiger partial charge in [-0.05, 0) is 98.5 Å². The summed E-state index contributed by atoms with van der Waals surface area (Å²) in [6.45, 7) is 9.04. The minimum absolute atomic E-state index is 0. The van der Waals surface area contributed by atoms with Gasteiger partial charge in [-0.3, -0.25) is 9.59 Å². The van der Waals surface area contributed by atoms with Crippen LogP contribution in [-0.4, -0.2) is 35.3 Å². The van der Waals surface area contributed by atoms with Crippen molar-refractivity contribution in [2.75, 3.05) is 10.3 Å². The van der Waals surface area contributed by atoms with E-state index >= 15 is 0 Å². The van der Waals surface area contributed by atoms with Gasteiger partial charge in [0, 0.05) is 5.69 Å². The van der Waals surface area contributed by atoms with Crippen LogP contribution in [0.3, 0.4) is 0 Å². The van der Waals surface area contributed by atoms with E-state index in [2.05, 4.69) is 30.9 Å². The maximum absolute atomic E-state index is 13.0. The molecule has 0 saturated carbocycles. The summed E-state index contributed by atoms with van der Waals surface area (Å²) in [6, 6.07) is 26.2. The molecule has 0 saturated heterocycles. The zero-order valence-electron chi connectivity index (χ0n) is 26.3. The minimum atomic E-state index is -1.14. The molecule has 5 rings (SSSR count). The van der Waals surface area contributed by atoms with E-state index < -0.39 is 18.0 Å². The first kappa shape index (κ1) is 34.3. The van der Waals surface area contributed by atoms with Gasteiger partial charge in [-0.2, -0.15) is 36.3 Å². The summed E-state index contributed by atoms with van der Waals surface area (Å²) < 4.78 is 0. The Morgan fingerprint density at radius 3 is 2.00 bits per heavy atom. The van der Waals surface area contributed by atoms with E-state index in [9.17, 15) is 15.0 Å². The molecule has 1 aliphatic rings. The van der Waals surface area contributed by atoms with Gasteiger partial charge in [0.1, 0.15) is 6.04 Å². The molecule has 4 aromatic rings. The number of aryl methyl sites for hydroxylation is 3. The Hall–Kier alpha value is -4.54. The van der Waals surface area contributed by atoms with Crippen LogP contribution >= 0.6 is 0 Å². The molecule has 2 unspecified atom stereocenters. The molecule has 2 atom stereocenters. The van der Waals surface area contributed by atoms with Gasteiger partial charge in [0.25, 0.3) is 11.8 Å². The maximum atomic E-state index is 13.0. The van der Waals surface area contributed by atoms with Crippen molar-refractivity contribution in [1.29, 1.82) is 0 Å². The molecule has 0 spiro atoms. The van der Waals surface area contributed by atoms with Crippen LogP contribution in [0.15, 0.2) is 117 Å². The van der Waals surface area contributed by atoms with Crippen LogP contribution in [0.1, 0.15) is 30.5 Å². The van der Waals surface area contributed by atoms with Crippen molar-refractivity contribution in [1.82, 2.24) is 0 Å². The molecule has 1 heterocycles. The van der Waals surface area contributed by atoms with Crippen LogP contribution in [0, 0.1) is 20.8 Å². The predicted octanol–water partition coefficient (Wildman–Crippen LogP) is 8.27. The predicted molar refractivity (Wildman–Crippen MR) is 179 cm³/mol. The number of carbonyl (C=O) groups excluding carboxylic acids is 2. The third kappa shape index (κ3) is 7.99. The van der Waals surface area contributed by atoms with Crippen molar-refractivity contribution in [2.45, 2.75) is 46.7 Å². The average molecular weight is 687 g/mol. The third-order valence-electron chi connectivity index (χ3n) is 7.35. The number of nitrogens with one attached hydrogen (secondary N) is 1. The molecule has 11 heteroatoms. The van der Waals surface area contributed by atoms with Gasteiger partial charge in [-0.25, -0.2) is 0 Å². The zero-order chi connectivity index (χ0) is 32.1. The Balaban J connectivity index is 0.00000480. The van der Waals surface area contributed by atoms with Crippen molar-refractivity contribution in [2.24, 2.45) is 25.6 Å². The molecule has 0 aliphatic carbocycles. The average Bonchev–Trinajstić information content (AvgIpc) is 3.30. The number of para-hydroxylation sites is 1. The molecule has 10 nitrogen and oxygen atoms in total. The van der Waals surface area contributed by atoms with Gasteiger partial charge in [0.2, 0.25) is 0 Å². The first-order valence-corrected chi connectivity index (χ1v) is 14.5. The van der Waals surface area contributed by atoms with Crippen molar-refractivity contribution in [3.63, 3.8) is 0 Å². The fourth-order valence-electron chi connectivity index (χ4n) is 4.75. The van der Waals surface area contributed by atoms with Crippen LogP contribution in [0.25, 0.3) is 16.5 Å². The largest absolute Gasteiger partial charge is 3.00 e. The molecular weight excluding hydrogens is 653 g/mol. The second kappa shape index (κ2) is 15.2. The summed E-state index contributed by atoms with van der Waals surface area (Å²) in [4.78, 5) is 25.8. The van der Waals surface area contributed by atoms with Crippen LogP contribution < -0.4 is 10.3 Å². The Labute approximate surface area is 293 Å². The molecule has 226 valence electrons. The Bertz CT molecular complexity index is 1850. The number of azo groups is 2. The van der Waals surface area contributed by atoms with Gasteiger partial charge in [-0.1, -0.05) is 55.0 Å². The molecule has 0 radical (unpaired) electrons. The normalized spacial score (nSPS) is 15.2. The fourth-order valence-corrected chi connectivity index (χ4v) is 4.75. The molecule has 4 aromatic carbocycles. The summed E-state index contributed by atoms with van der Waals surface area (Å²) in [5.41, 5.74) is 7.75. The van der Waals surface area contributed by atoms with E-state index in [1.54, 1.807) is 31.2 Å². The number of hydrogen-bond donors (Lipinski definition) is 1. The smallest absolute Gasteiger partial charge is 0.809 e. The Kier molecular flexibility index (Phi) is 11.3. The summed E-state index contributed by atoms with van der Waals surface area (Å²) in [5, 5.41) is 35.8. The number of rotatable bonds is 9. The van der Waals surface area contributed by atoms with Crippen molar-refractivity contribution in [3.05, 3.63) is 113 Å². The minimum Gasteiger partial charge on any atom is -0.809 e. The number of hydrogen-bond acceptors (Lipinski definition) is 7. The van der Waals surface area contributed by atoms with Crippen molar-refractivity contribution in [3.8, 4) is 11.1 Å². The number of nitrogens with zero attached hydrogens (tertiary/aromatic N) is 7. The molecule has 0 fully saturated rings. The topological polar surface area (TPSA) is 134 Å². The quantitative estimate of drug-likeness (QED) is 0.140. The van der Waals surface area contributed by atoms with Gasteiger partial charge < -0.3 is 10.7 Å². The Morgan fingerprint density at radius 2 is 1.43 bits per heavy atom. The monoisotopic (exact) mass is 686 g/mol. The fraction of sp³-hybridized carbons (Fsp3) is 0.200. The summed E-state index contributed by atoms with van der Waals surface area (Å²) in [5.74, 6) is -0.715. The van der Waals surface area contributed by atoms with Crippen LogP contribution in [0.4, 0.5) is 22.7 Å². The van der Waals surface area contributed by atoms with Gasteiger partial charge in [0.05, 0.1) is 22.8 Å². The third-order valence-corrected chi connectivity index (χ3v) is 7.35. The zero-order valence-corrected chi connectivity index (χ0v) is 29.2. The standard InChI is InChI=1S/C35H33N8O2.Y/c1-21-11-15-29(16-12-21)43-35(45)33(25(5)42-43)41-39-31-18-14-27(20-23(31)3)26-13-17-30(22(2)19-26)38-40-32(24(4)36)34(44)37-28-9-7-6-8-10-28;/h6-20,32-33H,1-5H3,(H,37,44);/q-1;+3. The van der Waals surface area contributed by atoms with Crippen LogP contribution in [-0.2, 0) is 42.3 Å². The molecule has 46 heavy (non-hydrogen) atoms. The second-order valence-electron chi connectivity index (χ2n) is 11.0. The van der Waals surface area contributed by atoms with E-state index in [-0.39, 0.29) is 44.3 Å². The summed E-state index contributed by atoms with van der Waals surface area (Å²) in [6.07, 6.45) is 0. The number of benzene rings is 4. The number of anilines is 2. The molecule has 2 amide bonds. The van der Waals surface area contributed by atoms with E-state index in [0.717, 1.165) is 27.8 Å². The maximum Gasteiger partial charge on any atom is 3.00 e. The molecule has 1 aliphatic heterocycles. The van der Waals surface area contributed by atoms with Gasteiger partial charge in [-0.15, -0.1) is 0 Å². The van der Waals surface area contributed by atoms with Gasteiger partial charge in [0.15, 0.2) is 6.04 Å². The number of amides is 2. The van der Waals surface area contributed by atoms with Gasteiger partial charge >= 0.3 is 32.7 Å². The molecular formula is C35H33N8O2Y+2. The number of hydrazone groups is 1. The van der Waals surface area contributed by atoms with E-state index in [0.29, 0.717) is 28.5 Å². The van der Waals surface area contributed by atoms with Crippen molar-refractivity contribution >= 4 is 46.0 Å². The summed E-state index contributed by atoms with van der Waals surface area (Å²) in [7, 11) is 0. The Morgan fingerprint density at radius 1 is 0.848 bits per heavy atom. The summed E-state index contributed by atoms with van der Waals surface area (Å²) >= 11 is 0. The molecule has 0 aromatic heterocycles.